The van der Waals surface area contributed by atoms with Crippen molar-refractivity contribution in [1.29, 1.82) is 0 Å². The third-order valence-corrected chi connectivity index (χ3v) is 4.88. The van der Waals surface area contributed by atoms with Gasteiger partial charge in [-0.3, -0.25) is 0 Å². The highest BCUT2D eigenvalue weighted by atomic mass is 32.1. The molecule has 0 atom stereocenters. The first-order chi connectivity index (χ1) is 10.2. The summed E-state index contributed by atoms with van der Waals surface area (Å²) in [5.41, 5.74) is 6.70. The number of nitrogens with zero attached hydrogens (tertiary/aromatic N) is 3. The van der Waals surface area contributed by atoms with Crippen molar-refractivity contribution in [2.75, 3.05) is 5.73 Å². The van der Waals surface area contributed by atoms with Crippen LogP contribution in [0, 0.1) is 6.92 Å². The van der Waals surface area contributed by atoms with Crippen LogP contribution in [-0.4, -0.2) is 15.0 Å². The maximum absolute atomic E-state index is 5.90. The standard InChI is InChI=1S/C14H10N4OS2/c1-7-18-13-10(21-7)4-9(8-2-3-20-14(8)13)19-12-5-11(15)16-6-17-12/h2-6H,1H3,(H2,15,16,17). The summed E-state index contributed by atoms with van der Waals surface area (Å²) in [5.74, 6) is 1.59. The molecule has 0 radical (unpaired) electrons. The number of thiazole rings is 1. The van der Waals surface area contributed by atoms with Crippen LogP contribution in [0.5, 0.6) is 11.6 Å². The van der Waals surface area contributed by atoms with Gasteiger partial charge in [0.15, 0.2) is 0 Å². The Morgan fingerprint density at radius 3 is 3.00 bits per heavy atom. The molecule has 3 heterocycles. The smallest absolute Gasteiger partial charge is 0.224 e. The number of nitrogens with two attached hydrogens (primary N) is 1. The summed E-state index contributed by atoms with van der Waals surface area (Å²) >= 11 is 3.32. The van der Waals surface area contributed by atoms with E-state index in [9.17, 15) is 0 Å². The highest BCUT2D eigenvalue weighted by Crippen LogP contribution is 2.40. The fourth-order valence-corrected chi connectivity index (χ4v) is 4.03. The molecule has 0 unspecified atom stereocenters. The van der Waals surface area contributed by atoms with E-state index in [4.69, 9.17) is 10.5 Å². The second kappa shape index (κ2) is 4.64. The Balaban J connectivity index is 1.92. The lowest BCUT2D eigenvalue weighted by molar-refractivity contribution is 0.468. The van der Waals surface area contributed by atoms with Gasteiger partial charge in [-0.15, -0.1) is 22.7 Å². The quantitative estimate of drug-likeness (QED) is 0.605. The predicted molar refractivity (Wildman–Crippen MR) is 86.3 cm³/mol. The topological polar surface area (TPSA) is 73.9 Å². The maximum Gasteiger partial charge on any atom is 0.224 e. The van der Waals surface area contributed by atoms with Crippen molar-refractivity contribution >= 4 is 48.8 Å². The number of fused-ring (bicyclic) bond motifs is 3. The zero-order valence-corrected chi connectivity index (χ0v) is 12.7. The minimum atomic E-state index is 0.385. The molecule has 0 aliphatic heterocycles. The Labute approximate surface area is 128 Å². The van der Waals surface area contributed by atoms with E-state index in [0.717, 1.165) is 31.1 Å². The summed E-state index contributed by atoms with van der Waals surface area (Å²) in [6.07, 6.45) is 1.39. The van der Waals surface area contributed by atoms with Gasteiger partial charge < -0.3 is 10.5 Å². The average molecular weight is 314 g/mol. The fraction of sp³-hybridized carbons (Fsp3) is 0.0714. The molecule has 0 saturated heterocycles. The van der Waals surface area contributed by atoms with Crippen LogP contribution in [0.2, 0.25) is 0 Å². The molecule has 7 heteroatoms. The average Bonchev–Trinajstić information content (AvgIpc) is 3.04. The zero-order valence-electron chi connectivity index (χ0n) is 11.0. The van der Waals surface area contributed by atoms with Crippen molar-refractivity contribution in [3.05, 3.63) is 34.9 Å². The third kappa shape index (κ3) is 2.10. The van der Waals surface area contributed by atoms with E-state index >= 15 is 0 Å². The Morgan fingerprint density at radius 1 is 1.24 bits per heavy atom. The minimum Gasteiger partial charge on any atom is -0.438 e. The van der Waals surface area contributed by atoms with Gasteiger partial charge in [0.25, 0.3) is 0 Å². The van der Waals surface area contributed by atoms with Crippen LogP contribution >= 0.6 is 22.7 Å². The van der Waals surface area contributed by atoms with Gasteiger partial charge in [0.2, 0.25) is 5.88 Å². The Kier molecular flexibility index (Phi) is 2.76. The zero-order chi connectivity index (χ0) is 14.4. The summed E-state index contributed by atoms with van der Waals surface area (Å²) in [6.45, 7) is 2.01. The lowest BCUT2D eigenvalue weighted by atomic mass is 10.2. The molecule has 5 nitrogen and oxygen atoms in total. The van der Waals surface area contributed by atoms with Gasteiger partial charge in [-0.1, -0.05) is 0 Å². The van der Waals surface area contributed by atoms with Gasteiger partial charge in [0, 0.05) is 17.5 Å². The van der Waals surface area contributed by atoms with E-state index in [0.29, 0.717) is 11.7 Å². The fourth-order valence-electron chi connectivity index (χ4n) is 2.19. The first-order valence-electron chi connectivity index (χ1n) is 6.23. The summed E-state index contributed by atoms with van der Waals surface area (Å²) in [4.78, 5) is 12.6. The first kappa shape index (κ1) is 12.5. The largest absolute Gasteiger partial charge is 0.438 e. The molecular formula is C14H10N4OS2. The van der Waals surface area contributed by atoms with Crippen LogP contribution in [0.1, 0.15) is 5.01 Å². The molecule has 0 aliphatic rings. The molecule has 0 fully saturated rings. The van der Waals surface area contributed by atoms with E-state index in [-0.39, 0.29) is 0 Å². The van der Waals surface area contributed by atoms with E-state index < -0.39 is 0 Å². The van der Waals surface area contributed by atoms with E-state index in [1.807, 2.05) is 24.4 Å². The molecule has 0 bridgehead atoms. The van der Waals surface area contributed by atoms with Crippen LogP contribution < -0.4 is 10.5 Å². The second-order valence-electron chi connectivity index (χ2n) is 4.50. The van der Waals surface area contributed by atoms with Crippen molar-refractivity contribution in [2.45, 2.75) is 6.92 Å². The van der Waals surface area contributed by atoms with Crippen LogP contribution in [-0.2, 0) is 0 Å². The van der Waals surface area contributed by atoms with E-state index in [1.165, 1.54) is 6.33 Å². The van der Waals surface area contributed by atoms with E-state index in [2.05, 4.69) is 15.0 Å². The highest BCUT2D eigenvalue weighted by molar-refractivity contribution is 7.21. The number of aryl methyl sites for hydroxylation is 1. The molecule has 2 N–H and O–H groups in total. The number of thiophene rings is 1. The molecule has 0 aliphatic carbocycles. The predicted octanol–water partition coefficient (Wildman–Crippen LogP) is 3.98. The van der Waals surface area contributed by atoms with Gasteiger partial charge in [0.1, 0.15) is 17.9 Å². The molecule has 0 spiro atoms. The molecule has 3 aromatic heterocycles. The number of aromatic nitrogens is 3. The molecule has 1 aromatic carbocycles. The van der Waals surface area contributed by atoms with E-state index in [1.54, 1.807) is 28.7 Å². The van der Waals surface area contributed by atoms with Crippen molar-refractivity contribution in [1.82, 2.24) is 15.0 Å². The molecular weight excluding hydrogens is 304 g/mol. The van der Waals surface area contributed by atoms with Gasteiger partial charge in [0.05, 0.1) is 19.9 Å². The number of hydrogen-bond acceptors (Lipinski definition) is 7. The third-order valence-electron chi connectivity index (χ3n) is 3.05. The number of hydrogen-bond donors (Lipinski definition) is 1. The Morgan fingerprint density at radius 2 is 2.14 bits per heavy atom. The maximum atomic E-state index is 5.90. The van der Waals surface area contributed by atoms with Crippen molar-refractivity contribution in [3.8, 4) is 11.6 Å². The first-order valence-corrected chi connectivity index (χ1v) is 7.93. The van der Waals surface area contributed by atoms with Crippen molar-refractivity contribution < 1.29 is 4.74 Å². The van der Waals surface area contributed by atoms with Crippen LogP contribution in [0.4, 0.5) is 5.82 Å². The van der Waals surface area contributed by atoms with Crippen LogP contribution in [0.15, 0.2) is 29.9 Å². The number of benzene rings is 1. The van der Waals surface area contributed by atoms with Gasteiger partial charge in [-0.05, 0) is 18.4 Å². The number of ether oxygens (including phenoxy) is 1. The lowest BCUT2D eigenvalue weighted by Crippen LogP contribution is -1.94. The Hall–Kier alpha value is -2.25. The second-order valence-corrected chi connectivity index (χ2v) is 6.65. The number of rotatable bonds is 2. The Bertz CT molecular complexity index is 960. The van der Waals surface area contributed by atoms with Crippen LogP contribution in [0.25, 0.3) is 20.3 Å². The normalized spacial score (nSPS) is 11.3. The SMILES string of the molecule is Cc1nc2c(cc(Oc3cc(N)ncn3)c3ccsc32)s1. The summed E-state index contributed by atoms with van der Waals surface area (Å²) in [5, 5.41) is 4.12. The molecule has 104 valence electrons. The number of anilines is 1. The molecule has 0 saturated carbocycles. The molecule has 4 rings (SSSR count). The monoisotopic (exact) mass is 314 g/mol. The summed E-state index contributed by atoms with van der Waals surface area (Å²) in [6, 6.07) is 5.65. The summed E-state index contributed by atoms with van der Waals surface area (Å²) in [7, 11) is 0. The van der Waals surface area contributed by atoms with Crippen LogP contribution in [0.3, 0.4) is 0 Å². The number of nitrogen functional groups attached to an aromatic ring is 1. The van der Waals surface area contributed by atoms with Gasteiger partial charge in [-0.25, -0.2) is 15.0 Å². The molecule has 0 amide bonds. The molecule has 4 aromatic rings. The summed E-state index contributed by atoms with van der Waals surface area (Å²) < 4.78 is 8.15. The minimum absolute atomic E-state index is 0.385. The lowest BCUT2D eigenvalue weighted by Gasteiger charge is -2.06. The van der Waals surface area contributed by atoms with Crippen molar-refractivity contribution in [3.63, 3.8) is 0 Å². The molecule has 21 heavy (non-hydrogen) atoms. The van der Waals surface area contributed by atoms with Gasteiger partial charge >= 0.3 is 0 Å². The highest BCUT2D eigenvalue weighted by Gasteiger charge is 2.13. The van der Waals surface area contributed by atoms with Crippen molar-refractivity contribution in [2.24, 2.45) is 0 Å². The van der Waals surface area contributed by atoms with Gasteiger partial charge in [-0.2, -0.15) is 0 Å².